The maximum absolute atomic E-state index is 11.9. The molecule has 100 valence electrons. The highest BCUT2D eigenvalue weighted by Crippen LogP contribution is 2.10. The Morgan fingerprint density at radius 1 is 1.41 bits per heavy atom. The quantitative estimate of drug-likeness (QED) is 0.607. The lowest BCUT2D eigenvalue weighted by molar-refractivity contribution is -0.136. The third kappa shape index (κ3) is 4.70. The molecule has 8 heteroatoms. The number of rotatable bonds is 8. The number of carbonyl (C=O) groups is 2. The van der Waals surface area contributed by atoms with Gasteiger partial charge in [0.2, 0.25) is 15.9 Å². The van der Waals surface area contributed by atoms with Crippen molar-refractivity contribution in [1.82, 2.24) is 4.31 Å². The van der Waals surface area contributed by atoms with Gasteiger partial charge in [0.1, 0.15) is 0 Å². The van der Waals surface area contributed by atoms with Gasteiger partial charge in [-0.05, 0) is 13.3 Å². The average molecular weight is 266 g/mol. The van der Waals surface area contributed by atoms with Crippen molar-refractivity contribution in [2.24, 2.45) is 5.73 Å². The second-order valence-electron chi connectivity index (χ2n) is 3.68. The third-order valence-corrected chi connectivity index (χ3v) is 4.37. The maximum atomic E-state index is 11.9. The van der Waals surface area contributed by atoms with Crippen molar-refractivity contribution in [3.63, 3.8) is 0 Å². The minimum absolute atomic E-state index is 0.0966. The minimum atomic E-state index is -4.03. The lowest BCUT2D eigenvalue weighted by Gasteiger charge is -2.22. The third-order valence-electron chi connectivity index (χ3n) is 2.25. The highest BCUT2D eigenvalue weighted by molar-refractivity contribution is 7.90. The van der Waals surface area contributed by atoms with Gasteiger partial charge in [-0.2, -0.15) is 4.31 Å². The molecule has 0 aromatic heterocycles. The zero-order valence-electron chi connectivity index (χ0n) is 9.92. The van der Waals surface area contributed by atoms with Gasteiger partial charge in [0.25, 0.3) is 0 Å². The van der Waals surface area contributed by atoms with Crippen LogP contribution >= 0.6 is 0 Å². The van der Waals surface area contributed by atoms with Crippen molar-refractivity contribution in [3.8, 4) is 0 Å². The fourth-order valence-corrected chi connectivity index (χ4v) is 2.55. The summed E-state index contributed by atoms with van der Waals surface area (Å²) < 4.78 is 24.5. The van der Waals surface area contributed by atoms with Crippen LogP contribution in [0.2, 0.25) is 0 Å². The molecule has 0 aliphatic carbocycles. The van der Waals surface area contributed by atoms with E-state index in [2.05, 4.69) is 0 Å². The number of amides is 1. The number of primary amides is 1. The van der Waals surface area contributed by atoms with Crippen molar-refractivity contribution in [2.75, 3.05) is 13.1 Å². The molecule has 0 aromatic carbocycles. The number of carbonyl (C=O) groups excluding carboxylic acids is 1. The van der Waals surface area contributed by atoms with E-state index in [0.29, 0.717) is 6.42 Å². The topological polar surface area (TPSA) is 118 Å². The van der Waals surface area contributed by atoms with Crippen molar-refractivity contribution >= 4 is 21.9 Å². The predicted molar refractivity (Wildman–Crippen MR) is 61.7 cm³/mol. The molecule has 0 bridgehead atoms. The Kier molecular flexibility index (Phi) is 6.11. The molecule has 0 saturated carbocycles. The van der Waals surface area contributed by atoms with Gasteiger partial charge in [-0.1, -0.05) is 13.3 Å². The first-order valence-corrected chi connectivity index (χ1v) is 6.73. The van der Waals surface area contributed by atoms with Crippen molar-refractivity contribution < 1.29 is 23.1 Å². The molecule has 0 rings (SSSR count). The number of carboxylic acids is 1. The number of sulfonamides is 1. The average Bonchev–Trinajstić information content (AvgIpc) is 2.22. The molecule has 1 unspecified atom stereocenters. The summed E-state index contributed by atoms with van der Waals surface area (Å²) in [5.41, 5.74) is 4.95. The summed E-state index contributed by atoms with van der Waals surface area (Å²) in [6.07, 6.45) is 1.27. The van der Waals surface area contributed by atoms with Crippen LogP contribution in [-0.4, -0.2) is 48.0 Å². The predicted octanol–water partition coefficient (Wildman–Crippen LogP) is -0.623. The zero-order chi connectivity index (χ0) is 13.6. The van der Waals surface area contributed by atoms with Gasteiger partial charge in [0.05, 0.1) is 6.54 Å². The number of carboxylic acid groups (broad SMARTS) is 1. The first-order valence-electron chi connectivity index (χ1n) is 5.23. The van der Waals surface area contributed by atoms with E-state index in [1.54, 1.807) is 0 Å². The minimum Gasteiger partial charge on any atom is -0.480 e. The summed E-state index contributed by atoms with van der Waals surface area (Å²) in [7, 11) is -4.03. The number of nitrogens with zero attached hydrogens (tertiary/aromatic N) is 1. The highest BCUT2D eigenvalue weighted by atomic mass is 32.2. The largest absolute Gasteiger partial charge is 0.480 e. The van der Waals surface area contributed by atoms with Gasteiger partial charge in [-0.3, -0.25) is 9.59 Å². The lowest BCUT2D eigenvalue weighted by Crippen LogP contribution is -2.45. The molecule has 0 aliphatic heterocycles. The normalized spacial score (nSPS) is 13.6. The molecule has 7 nitrogen and oxygen atoms in total. The van der Waals surface area contributed by atoms with Gasteiger partial charge in [0.15, 0.2) is 5.25 Å². The summed E-state index contributed by atoms with van der Waals surface area (Å²) in [5.74, 6) is -2.25. The van der Waals surface area contributed by atoms with Crippen molar-refractivity contribution in [3.05, 3.63) is 0 Å². The van der Waals surface area contributed by atoms with Gasteiger partial charge >= 0.3 is 5.97 Å². The van der Waals surface area contributed by atoms with E-state index >= 15 is 0 Å². The van der Waals surface area contributed by atoms with Gasteiger partial charge in [0, 0.05) is 6.54 Å². The standard InChI is InChI=1S/C9H18N2O5S/c1-3-4-5-11(6-8(10)12)17(15,16)7(2)9(13)14/h7H,3-6H2,1-2H3,(H2,10,12)(H,13,14). The van der Waals surface area contributed by atoms with Gasteiger partial charge in [-0.25, -0.2) is 8.42 Å². The van der Waals surface area contributed by atoms with Crippen molar-refractivity contribution in [2.45, 2.75) is 31.9 Å². The van der Waals surface area contributed by atoms with Crippen LogP contribution in [0.15, 0.2) is 0 Å². The van der Waals surface area contributed by atoms with Crippen LogP contribution in [0, 0.1) is 0 Å². The van der Waals surface area contributed by atoms with Crippen LogP contribution in [-0.2, 0) is 19.6 Å². The molecule has 0 aromatic rings. The first kappa shape index (κ1) is 15.9. The smallest absolute Gasteiger partial charge is 0.323 e. The second kappa shape index (κ2) is 6.55. The lowest BCUT2D eigenvalue weighted by atomic mass is 10.3. The van der Waals surface area contributed by atoms with E-state index in [1.807, 2.05) is 6.92 Å². The Morgan fingerprint density at radius 3 is 2.29 bits per heavy atom. The molecule has 1 amide bonds. The van der Waals surface area contributed by atoms with Crippen LogP contribution in [0.4, 0.5) is 0 Å². The van der Waals surface area contributed by atoms with E-state index in [4.69, 9.17) is 10.8 Å². The van der Waals surface area contributed by atoms with E-state index in [0.717, 1.165) is 17.6 Å². The monoisotopic (exact) mass is 266 g/mol. The Bertz CT molecular complexity index is 379. The maximum Gasteiger partial charge on any atom is 0.323 e. The number of hydrogen-bond acceptors (Lipinski definition) is 4. The molecule has 0 radical (unpaired) electrons. The van der Waals surface area contributed by atoms with E-state index in [1.165, 1.54) is 0 Å². The zero-order valence-corrected chi connectivity index (χ0v) is 10.7. The first-order chi connectivity index (χ1) is 7.73. The molecule has 0 spiro atoms. The van der Waals surface area contributed by atoms with Gasteiger partial charge in [-0.15, -0.1) is 0 Å². The fourth-order valence-electron chi connectivity index (χ4n) is 1.16. The number of nitrogens with two attached hydrogens (primary N) is 1. The van der Waals surface area contributed by atoms with Crippen LogP contribution in [0.3, 0.4) is 0 Å². The summed E-state index contributed by atoms with van der Waals surface area (Å²) in [6, 6.07) is 0. The van der Waals surface area contributed by atoms with Crippen LogP contribution < -0.4 is 5.73 Å². The molecular formula is C9H18N2O5S. The van der Waals surface area contributed by atoms with Gasteiger partial charge < -0.3 is 10.8 Å². The van der Waals surface area contributed by atoms with Crippen LogP contribution in [0.1, 0.15) is 26.7 Å². The highest BCUT2D eigenvalue weighted by Gasteiger charge is 2.34. The molecule has 0 aliphatic rings. The van der Waals surface area contributed by atoms with Crippen LogP contribution in [0.5, 0.6) is 0 Å². The molecule has 1 atom stereocenters. The fraction of sp³-hybridized carbons (Fsp3) is 0.778. The summed E-state index contributed by atoms with van der Waals surface area (Å²) in [4.78, 5) is 21.5. The van der Waals surface area contributed by atoms with Crippen LogP contribution in [0.25, 0.3) is 0 Å². The summed E-state index contributed by atoms with van der Waals surface area (Å²) in [5, 5.41) is 7.12. The molecule has 0 fully saturated rings. The Balaban J connectivity index is 5.00. The Labute approximate surface area is 101 Å². The molecule has 17 heavy (non-hydrogen) atoms. The van der Waals surface area contributed by atoms with E-state index < -0.39 is 33.7 Å². The van der Waals surface area contributed by atoms with E-state index in [9.17, 15) is 18.0 Å². The Hall–Kier alpha value is -1.15. The van der Waals surface area contributed by atoms with E-state index in [-0.39, 0.29) is 6.54 Å². The summed E-state index contributed by atoms with van der Waals surface area (Å²) >= 11 is 0. The number of hydrogen-bond donors (Lipinski definition) is 2. The molecule has 0 saturated heterocycles. The summed E-state index contributed by atoms with van der Waals surface area (Å²) in [6.45, 7) is 2.53. The SMILES string of the molecule is CCCCN(CC(N)=O)S(=O)(=O)C(C)C(=O)O. The number of aliphatic carboxylic acids is 1. The Morgan fingerprint density at radius 2 is 1.94 bits per heavy atom. The van der Waals surface area contributed by atoms with Crippen molar-refractivity contribution in [1.29, 1.82) is 0 Å². The molecule has 0 heterocycles. The molecule has 3 N–H and O–H groups in total. The number of unbranched alkanes of at least 4 members (excludes halogenated alkanes) is 1. The molecular weight excluding hydrogens is 248 g/mol. The second-order valence-corrected chi connectivity index (χ2v) is 5.93.